The van der Waals surface area contributed by atoms with E-state index < -0.39 is 0 Å². The second-order valence-electron chi connectivity index (χ2n) is 7.37. The Morgan fingerprint density at radius 1 is 1.34 bits per heavy atom. The number of aromatic nitrogens is 2. The highest BCUT2D eigenvalue weighted by Crippen LogP contribution is 2.31. The number of nitrogens with zero attached hydrogens (tertiary/aromatic N) is 4. The van der Waals surface area contributed by atoms with Crippen LogP contribution in [0.1, 0.15) is 51.0 Å². The quantitative estimate of drug-likeness (QED) is 0.541. The minimum atomic E-state index is -0.269. The van der Waals surface area contributed by atoms with E-state index in [2.05, 4.69) is 57.1 Å². The highest BCUT2D eigenvalue weighted by molar-refractivity contribution is 6.09. The van der Waals surface area contributed by atoms with E-state index >= 15 is 0 Å². The van der Waals surface area contributed by atoms with Crippen LogP contribution in [0.25, 0.3) is 0 Å². The molecule has 0 amide bonds. The number of rotatable bonds is 7. The summed E-state index contributed by atoms with van der Waals surface area (Å²) in [6.07, 6.45) is 12.5. The molecular formula is C22H30N6O. The lowest BCUT2D eigenvalue weighted by atomic mass is 9.95. The van der Waals surface area contributed by atoms with Crippen molar-refractivity contribution in [3.05, 3.63) is 53.2 Å². The largest absolute Gasteiger partial charge is 0.379 e. The van der Waals surface area contributed by atoms with Crippen molar-refractivity contribution >= 4 is 17.3 Å². The maximum Gasteiger partial charge on any atom is 0.134 e. The van der Waals surface area contributed by atoms with Gasteiger partial charge in [-0.25, -0.2) is 4.98 Å². The molecule has 2 N–H and O–H groups in total. The van der Waals surface area contributed by atoms with E-state index in [0.717, 1.165) is 53.5 Å². The molecule has 1 atom stereocenters. The number of H-pyrrole nitrogens is 1. The number of methoxy groups -OCH3 is 1. The molecule has 1 unspecified atom stereocenters. The maximum absolute atomic E-state index is 8.88. The molecule has 2 aliphatic heterocycles. The zero-order valence-electron chi connectivity index (χ0n) is 17.7. The van der Waals surface area contributed by atoms with Gasteiger partial charge in [0.05, 0.1) is 36.5 Å². The molecule has 0 aliphatic carbocycles. The molecule has 0 spiro atoms. The molecule has 3 heterocycles. The van der Waals surface area contributed by atoms with Gasteiger partial charge in [-0.15, -0.1) is 5.10 Å². The molecule has 0 saturated heterocycles. The number of fused-ring (bicyclic) bond motifs is 1. The van der Waals surface area contributed by atoms with Gasteiger partial charge in [-0.1, -0.05) is 25.2 Å². The molecule has 0 aromatic carbocycles. The predicted molar refractivity (Wildman–Crippen MR) is 118 cm³/mol. The van der Waals surface area contributed by atoms with Crippen LogP contribution in [0.15, 0.2) is 52.0 Å². The van der Waals surface area contributed by atoms with Crippen LogP contribution < -0.4 is 0 Å². The zero-order valence-corrected chi connectivity index (χ0v) is 17.7. The minimum absolute atomic E-state index is 0.269. The molecule has 0 radical (unpaired) electrons. The number of nitrogens with one attached hydrogen (secondary N) is 2. The molecule has 7 heteroatoms. The predicted octanol–water partition coefficient (Wildman–Crippen LogP) is 3.99. The van der Waals surface area contributed by atoms with E-state index in [-0.39, 0.29) is 6.04 Å². The first-order valence-electron chi connectivity index (χ1n) is 10.1. The number of hydrogen-bond donors (Lipinski definition) is 2. The average molecular weight is 395 g/mol. The molecule has 7 nitrogen and oxygen atoms in total. The zero-order chi connectivity index (χ0) is 20.8. The number of amidine groups is 1. The van der Waals surface area contributed by atoms with Gasteiger partial charge in [0.25, 0.3) is 0 Å². The Labute approximate surface area is 172 Å². The Hall–Kier alpha value is -2.80. The summed E-state index contributed by atoms with van der Waals surface area (Å²) in [5.74, 6) is 0.879. The van der Waals surface area contributed by atoms with Crippen LogP contribution in [-0.4, -0.2) is 52.4 Å². The van der Waals surface area contributed by atoms with Gasteiger partial charge in [0, 0.05) is 25.8 Å². The van der Waals surface area contributed by atoms with Gasteiger partial charge in [0.1, 0.15) is 11.9 Å². The van der Waals surface area contributed by atoms with Crippen LogP contribution in [0.5, 0.6) is 0 Å². The van der Waals surface area contributed by atoms with Crippen LogP contribution in [-0.2, 0) is 11.2 Å². The summed E-state index contributed by atoms with van der Waals surface area (Å²) < 4.78 is 5.20. The van der Waals surface area contributed by atoms with Crippen LogP contribution in [0.4, 0.5) is 0 Å². The van der Waals surface area contributed by atoms with Crippen molar-refractivity contribution in [2.75, 3.05) is 20.3 Å². The van der Waals surface area contributed by atoms with E-state index in [4.69, 9.17) is 10.1 Å². The summed E-state index contributed by atoms with van der Waals surface area (Å²) in [4.78, 5) is 9.93. The molecule has 2 aliphatic rings. The summed E-state index contributed by atoms with van der Waals surface area (Å²) in [6.45, 7) is 7.49. The number of allylic oxidation sites excluding steroid dienone is 5. The Morgan fingerprint density at radius 2 is 2.17 bits per heavy atom. The first-order valence-corrected chi connectivity index (χ1v) is 10.1. The van der Waals surface area contributed by atoms with Crippen molar-refractivity contribution in [3.63, 3.8) is 0 Å². The van der Waals surface area contributed by atoms with Crippen LogP contribution in [0.2, 0.25) is 0 Å². The van der Waals surface area contributed by atoms with Gasteiger partial charge in [0.2, 0.25) is 0 Å². The fourth-order valence-corrected chi connectivity index (χ4v) is 3.56. The third-order valence-electron chi connectivity index (χ3n) is 5.24. The lowest BCUT2D eigenvalue weighted by Gasteiger charge is -2.36. The number of hydrogen-bond acceptors (Lipinski definition) is 6. The molecule has 0 fully saturated rings. The minimum Gasteiger partial charge on any atom is -0.379 e. The summed E-state index contributed by atoms with van der Waals surface area (Å²) in [5.41, 5.74) is 5.63. The first-order chi connectivity index (χ1) is 14.0. The Balaban J connectivity index is 1.85. The summed E-state index contributed by atoms with van der Waals surface area (Å²) in [6, 6.07) is -0.269. The van der Waals surface area contributed by atoms with Crippen LogP contribution >= 0.6 is 0 Å². The number of ether oxygens (including phenoxy) is 1. The normalized spacial score (nSPS) is 20.1. The van der Waals surface area contributed by atoms with E-state index in [9.17, 15) is 0 Å². The third-order valence-corrected chi connectivity index (χ3v) is 5.24. The molecule has 0 bridgehead atoms. The number of aromatic amines is 1. The van der Waals surface area contributed by atoms with Crippen molar-refractivity contribution in [1.29, 1.82) is 5.41 Å². The molecular weight excluding hydrogens is 364 g/mol. The highest BCUT2D eigenvalue weighted by atomic mass is 16.5. The topological polar surface area (TPSA) is 89.7 Å². The van der Waals surface area contributed by atoms with Crippen LogP contribution in [0, 0.1) is 5.41 Å². The SMILES string of the molecule is CC\C=C/C=C(C)\C(C)=C\C(=N)C1c2nc[nH]c2CCN1C1=NN=C(COC)C1. The monoisotopic (exact) mass is 394 g/mol. The third kappa shape index (κ3) is 4.79. The maximum atomic E-state index is 8.88. The summed E-state index contributed by atoms with van der Waals surface area (Å²) in [5, 5.41) is 17.5. The van der Waals surface area contributed by atoms with E-state index in [0.29, 0.717) is 18.7 Å². The molecule has 3 rings (SSSR count). The van der Waals surface area contributed by atoms with Crippen molar-refractivity contribution in [1.82, 2.24) is 14.9 Å². The molecule has 0 saturated carbocycles. The van der Waals surface area contributed by atoms with Crippen molar-refractivity contribution in [2.45, 2.75) is 46.1 Å². The lowest BCUT2D eigenvalue weighted by molar-refractivity contribution is 0.244. The van der Waals surface area contributed by atoms with Gasteiger partial charge < -0.3 is 20.0 Å². The Kier molecular flexibility index (Phi) is 6.93. The van der Waals surface area contributed by atoms with Gasteiger partial charge in [-0.3, -0.25) is 0 Å². The second-order valence-corrected chi connectivity index (χ2v) is 7.37. The number of imidazole rings is 1. The van der Waals surface area contributed by atoms with E-state index in [1.54, 1.807) is 13.4 Å². The highest BCUT2D eigenvalue weighted by Gasteiger charge is 2.35. The first kappa shape index (κ1) is 20.9. The Morgan fingerprint density at radius 3 is 2.93 bits per heavy atom. The van der Waals surface area contributed by atoms with Crippen molar-refractivity contribution in [2.24, 2.45) is 10.2 Å². The van der Waals surface area contributed by atoms with Crippen molar-refractivity contribution in [3.8, 4) is 0 Å². The fraction of sp³-hybridized carbons (Fsp3) is 0.455. The molecule has 154 valence electrons. The van der Waals surface area contributed by atoms with Gasteiger partial charge in [0.15, 0.2) is 0 Å². The molecule has 1 aromatic heterocycles. The fourth-order valence-electron chi connectivity index (χ4n) is 3.56. The Bertz CT molecular complexity index is 902. The lowest BCUT2D eigenvalue weighted by Crippen LogP contribution is -2.43. The standard InChI is InChI=1S/C22H30N6O/c1-5-6-7-8-15(2)16(3)11-18(23)22-21-19(24-14-25-21)9-10-28(22)20-12-17(13-29-4)26-27-20/h6-8,11,14,22-23H,5,9-10,12-13H2,1-4H3,(H,24,25)/b7-6-,15-8-,16-11+,23-18?. The summed E-state index contributed by atoms with van der Waals surface area (Å²) in [7, 11) is 1.66. The van der Waals surface area contributed by atoms with E-state index in [1.807, 2.05) is 13.0 Å². The molecule has 29 heavy (non-hydrogen) atoms. The average Bonchev–Trinajstić information content (AvgIpc) is 3.36. The van der Waals surface area contributed by atoms with Crippen molar-refractivity contribution < 1.29 is 4.74 Å². The van der Waals surface area contributed by atoms with E-state index in [1.165, 1.54) is 0 Å². The molecule has 1 aromatic rings. The van der Waals surface area contributed by atoms with Gasteiger partial charge in [-0.2, -0.15) is 5.10 Å². The van der Waals surface area contributed by atoms with Gasteiger partial charge in [-0.05, 0) is 37.5 Å². The summed E-state index contributed by atoms with van der Waals surface area (Å²) >= 11 is 0. The van der Waals surface area contributed by atoms with Crippen LogP contribution in [0.3, 0.4) is 0 Å². The smallest absolute Gasteiger partial charge is 0.134 e. The second kappa shape index (κ2) is 9.60. The van der Waals surface area contributed by atoms with Gasteiger partial charge >= 0.3 is 0 Å².